The molecule has 2 fully saturated rings. The summed E-state index contributed by atoms with van der Waals surface area (Å²) in [5, 5.41) is 20.7. The molecule has 0 aromatic heterocycles. The van der Waals surface area contributed by atoms with Crippen LogP contribution in [0.25, 0.3) is 0 Å². The molecule has 1 unspecified atom stereocenters. The molecule has 7 atom stereocenters. The second-order valence-electron chi connectivity index (χ2n) is 11.8. The summed E-state index contributed by atoms with van der Waals surface area (Å²) in [5.41, 5.74) is -0.788. The number of epoxide rings is 1. The van der Waals surface area contributed by atoms with E-state index in [9.17, 15) is 28.2 Å². The first kappa shape index (κ1) is 35.0. The number of alkyl halides is 3. The first-order chi connectivity index (χ1) is 19.8. The summed E-state index contributed by atoms with van der Waals surface area (Å²) < 4.78 is 65.8. The molecule has 3 rings (SSSR count). The molecule has 0 radical (unpaired) electrons. The van der Waals surface area contributed by atoms with Gasteiger partial charge in [-0.3, -0.25) is 4.79 Å². The van der Waals surface area contributed by atoms with E-state index in [4.69, 9.17) is 18.3 Å². The third-order valence-electron chi connectivity index (χ3n) is 9.85. The first-order valence-electron chi connectivity index (χ1n) is 15.5. The fourth-order valence-electron chi connectivity index (χ4n) is 6.68. The molecular weight excluding hydrogens is 585 g/mol. The predicted molar refractivity (Wildman–Crippen MR) is 160 cm³/mol. The standard InChI is InChI=1S/C30H49F3O7Si2/c1-7-41(8-2,9-3)39-24-18-23(34)22(17-26(35)36)27(24)29-28(38-29)25(40-42(10-4,11-5)12-6)19-37-21-15-13-14-20(16-21)30(31,32)33/h13-16,22-25,27-29,34H,7-12,17-19H2,1-6H3,(H,35,36)/t22-,23-,24+,25-,27+,28?,29+/m0/s1. The van der Waals surface area contributed by atoms with Crippen LogP contribution in [0.3, 0.4) is 0 Å². The Morgan fingerprint density at radius 1 is 1.02 bits per heavy atom. The van der Waals surface area contributed by atoms with Gasteiger partial charge < -0.3 is 28.5 Å². The molecule has 0 spiro atoms. The van der Waals surface area contributed by atoms with Crippen LogP contribution in [-0.2, 0) is 24.6 Å². The van der Waals surface area contributed by atoms with Gasteiger partial charge in [0.2, 0.25) is 0 Å². The van der Waals surface area contributed by atoms with E-state index in [1.54, 1.807) is 0 Å². The minimum atomic E-state index is -4.49. The molecule has 1 saturated carbocycles. The zero-order valence-corrected chi connectivity index (χ0v) is 27.8. The highest BCUT2D eigenvalue weighted by molar-refractivity contribution is 6.74. The number of rotatable bonds is 17. The Labute approximate surface area is 250 Å². The summed E-state index contributed by atoms with van der Waals surface area (Å²) in [6, 6.07) is 10.2. The van der Waals surface area contributed by atoms with E-state index in [0.717, 1.165) is 48.4 Å². The van der Waals surface area contributed by atoms with Crippen LogP contribution in [-0.4, -0.2) is 69.9 Å². The van der Waals surface area contributed by atoms with E-state index in [-0.39, 0.29) is 30.8 Å². The first-order valence-corrected chi connectivity index (χ1v) is 20.6. The van der Waals surface area contributed by atoms with Crippen molar-refractivity contribution in [2.45, 2.75) is 127 Å². The van der Waals surface area contributed by atoms with Gasteiger partial charge in [-0.15, -0.1) is 0 Å². The molecule has 1 saturated heterocycles. The molecule has 12 heteroatoms. The van der Waals surface area contributed by atoms with Crippen LogP contribution < -0.4 is 4.74 Å². The normalized spacial score (nSPS) is 27.2. The third kappa shape index (κ3) is 8.17. The van der Waals surface area contributed by atoms with Crippen LogP contribution in [0.15, 0.2) is 24.3 Å². The number of carboxylic acid groups (broad SMARTS) is 1. The predicted octanol–water partition coefficient (Wildman–Crippen LogP) is 7.10. The average Bonchev–Trinajstić information content (AvgIpc) is 3.69. The smallest absolute Gasteiger partial charge is 0.416 e. The molecule has 2 aliphatic rings. The van der Waals surface area contributed by atoms with Crippen LogP contribution in [0.5, 0.6) is 5.75 Å². The number of aliphatic hydroxyl groups is 1. The Hall–Kier alpha value is -1.45. The van der Waals surface area contributed by atoms with Gasteiger partial charge in [-0.2, -0.15) is 13.2 Å². The summed E-state index contributed by atoms with van der Waals surface area (Å²) in [4.78, 5) is 11.8. The maximum Gasteiger partial charge on any atom is 0.416 e. The zero-order chi connectivity index (χ0) is 31.3. The summed E-state index contributed by atoms with van der Waals surface area (Å²) in [5.74, 6) is -1.76. The number of ether oxygens (including phenoxy) is 2. The molecule has 240 valence electrons. The summed E-state index contributed by atoms with van der Waals surface area (Å²) in [7, 11) is -4.27. The molecule has 7 nitrogen and oxygen atoms in total. The van der Waals surface area contributed by atoms with E-state index in [1.807, 2.05) is 0 Å². The van der Waals surface area contributed by atoms with Crippen molar-refractivity contribution in [3.63, 3.8) is 0 Å². The lowest BCUT2D eigenvalue weighted by Gasteiger charge is -2.35. The van der Waals surface area contributed by atoms with Gasteiger partial charge in [0, 0.05) is 11.8 Å². The van der Waals surface area contributed by atoms with Gasteiger partial charge in [-0.25, -0.2) is 0 Å². The van der Waals surface area contributed by atoms with E-state index in [2.05, 4.69) is 41.5 Å². The van der Waals surface area contributed by atoms with Crippen LogP contribution in [0, 0.1) is 11.8 Å². The van der Waals surface area contributed by atoms with Crippen LogP contribution in [0.2, 0.25) is 36.3 Å². The fourth-order valence-corrected chi connectivity index (χ4v) is 12.4. The second-order valence-corrected chi connectivity index (χ2v) is 21.3. The lowest BCUT2D eigenvalue weighted by Crippen LogP contribution is -2.46. The van der Waals surface area contributed by atoms with Gasteiger partial charge in [0.25, 0.3) is 0 Å². The van der Waals surface area contributed by atoms with Crippen molar-refractivity contribution in [2.24, 2.45) is 11.8 Å². The second kappa shape index (κ2) is 14.6. The summed E-state index contributed by atoms with van der Waals surface area (Å²) in [6.45, 7) is 12.7. The van der Waals surface area contributed by atoms with E-state index in [1.165, 1.54) is 12.1 Å². The average molecular weight is 635 g/mol. The Bertz CT molecular complexity index is 1000. The number of halogens is 3. The van der Waals surface area contributed by atoms with Gasteiger partial charge >= 0.3 is 12.1 Å². The van der Waals surface area contributed by atoms with Crippen molar-refractivity contribution in [1.82, 2.24) is 0 Å². The summed E-state index contributed by atoms with van der Waals surface area (Å²) in [6.07, 6.45) is -6.87. The molecule has 1 aromatic rings. The lowest BCUT2D eigenvalue weighted by molar-refractivity contribution is -0.139. The topological polar surface area (TPSA) is 97.8 Å². The number of hydrogen-bond donors (Lipinski definition) is 2. The maximum atomic E-state index is 13.3. The van der Waals surface area contributed by atoms with E-state index in [0.29, 0.717) is 6.42 Å². The van der Waals surface area contributed by atoms with Crippen LogP contribution in [0.4, 0.5) is 13.2 Å². The Balaban J connectivity index is 1.90. The molecule has 0 bridgehead atoms. The molecule has 1 heterocycles. The van der Waals surface area contributed by atoms with Crippen molar-refractivity contribution in [2.75, 3.05) is 6.61 Å². The SMILES string of the molecule is CC[Si](CC)(CC)O[C@@H](COc1cccc(C(F)(F)F)c1)C1O[C@@H]1[C@@H]1[C@@H](CC(=O)O)[C@@H](O)C[C@H]1O[Si](CC)(CC)CC. The van der Waals surface area contributed by atoms with Crippen molar-refractivity contribution in [1.29, 1.82) is 0 Å². The highest BCUT2D eigenvalue weighted by Gasteiger charge is 2.60. The Morgan fingerprint density at radius 3 is 2.14 bits per heavy atom. The quantitative estimate of drug-likeness (QED) is 0.139. The zero-order valence-electron chi connectivity index (χ0n) is 25.8. The lowest BCUT2D eigenvalue weighted by atomic mass is 9.86. The number of carbonyl (C=O) groups is 1. The fraction of sp³-hybridized carbons (Fsp3) is 0.767. The van der Waals surface area contributed by atoms with Gasteiger partial charge in [-0.05, 0) is 60.9 Å². The molecular formula is C30H49F3O7Si2. The van der Waals surface area contributed by atoms with E-state index >= 15 is 0 Å². The Morgan fingerprint density at radius 2 is 1.62 bits per heavy atom. The van der Waals surface area contributed by atoms with Gasteiger partial charge in [0.15, 0.2) is 16.6 Å². The van der Waals surface area contributed by atoms with Gasteiger partial charge in [0.1, 0.15) is 24.6 Å². The molecule has 1 aliphatic carbocycles. The number of benzene rings is 1. The summed E-state index contributed by atoms with van der Waals surface area (Å²) >= 11 is 0. The van der Waals surface area contributed by atoms with E-state index < -0.39 is 64.7 Å². The van der Waals surface area contributed by atoms with Crippen molar-refractivity contribution < 1.29 is 46.5 Å². The van der Waals surface area contributed by atoms with Gasteiger partial charge in [-0.1, -0.05) is 47.6 Å². The van der Waals surface area contributed by atoms with Crippen LogP contribution in [0.1, 0.15) is 59.9 Å². The minimum absolute atomic E-state index is 0.000804. The molecule has 0 amide bonds. The maximum absolute atomic E-state index is 13.3. The molecule has 42 heavy (non-hydrogen) atoms. The monoisotopic (exact) mass is 634 g/mol. The largest absolute Gasteiger partial charge is 0.491 e. The number of aliphatic hydroxyl groups excluding tert-OH is 1. The third-order valence-corrected chi connectivity index (χ3v) is 19.2. The molecule has 1 aliphatic heterocycles. The van der Waals surface area contributed by atoms with Crippen molar-refractivity contribution in [3.8, 4) is 5.75 Å². The van der Waals surface area contributed by atoms with Gasteiger partial charge in [0.05, 0.1) is 30.3 Å². The number of carboxylic acids is 1. The number of hydrogen-bond acceptors (Lipinski definition) is 6. The highest BCUT2D eigenvalue weighted by atomic mass is 28.4. The van der Waals surface area contributed by atoms with Crippen LogP contribution >= 0.6 is 0 Å². The highest BCUT2D eigenvalue weighted by Crippen LogP contribution is 2.49. The minimum Gasteiger partial charge on any atom is -0.491 e. The number of aliphatic carboxylic acids is 1. The molecule has 1 aromatic carbocycles. The Kier molecular flexibility index (Phi) is 12.1. The molecule has 2 N–H and O–H groups in total. The van der Waals surface area contributed by atoms with Crippen molar-refractivity contribution in [3.05, 3.63) is 29.8 Å². The van der Waals surface area contributed by atoms with Crippen molar-refractivity contribution >= 4 is 22.6 Å².